The fourth-order valence-corrected chi connectivity index (χ4v) is 3.85. The van der Waals surface area contributed by atoms with Gasteiger partial charge in [-0.2, -0.15) is 0 Å². The van der Waals surface area contributed by atoms with Gasteiger partial charge in [-0.25, -0.2) is 4.79 Å². The van der Waals surface area contributed by atoms with E-state index in [1.165, 1.54) is 5.56 Å². The number of rotatable bonds is 5. The fourth-order valence-electron chi connectivity index (χ4n) is 3.85. The lowest BCUT2D eigenvalue weighted by Gasteiger charge is -2.31. The van der Waals surface area contributed by atoms with E-state index in [0.29, 0.717) is 18.7 Å². The highest BCUT2D eigenvalue weighted by Crippen LogP contribution is 2.28. The largest absolute Gasteiger partial charge is 0.513 e. The minimum atomic E-state index is -0.727. The first-order valence-corrected chi connectivity index (χ1v) is 10.00. The number of nitrogens with zero attached hydrogens (tertiary/aromatic N) is 1. The molecule has 3 rings (SSSR count). The lowest BCUT2D eigenvalue weighted by molar-refractivity contribution is -0.119. The summed E-state index contributed by atoms with van der Waals surface area (Å²) < 4.78 is 10.0. The van der Waals surface area contributed by atoms with Crippen LogP contribution >= 0.6 is 0 Å². The molecule has 0 spiro atoms. The van der Waals surface area contributed by atoms with Gasteiger partial charge in [-0.3, -0.25) is 4.79 Å². The number of carbonyl (C=O) groups excluding carboxylic acids is 2. The molecule has 29 heavy (non-hydrogen) atoms. The summed E-state index contributed by atoms with van der Waals surface area (Å²) in [6, 6.07) is 10.9. The summed E-state index contributed by atoms with van der Waals surface area (Å²) in [5.41, 5.74) is 11.3. The topological polar surface area (TPSA) is 81.9 Å². The number of amides is 1. The van der Waals surface area contributed by atoms with Crippen molar-refractivity contribution in [2.45, 2.75) is 46.1 Å². The molecule has 0 saturated carbocycles. The van der Waals surface area contributed by atoms with Gasteiger partial charge >= 0.3 is 6.16 Å². The van der Waals surface area contributed by atoms with Crippen LogP contribution in [0.15, 0.2) is 36.4 Å². The molecule has 1 amide bonds. The average molecular weight is 396 g/mol. The van der Waals surface area contributed by atoms with Gasteiger partial charge in [0.15, 0.2) is 0 Å². The molecule has 0 unspecified atom stereocenters. The normalized spacial score (nSPS) is 14.1. The van der Waals surface area contributed by atoms with Crippen LogP contribution in [0, 0.1) is 13.8 Å². The lowest BCUT2D eigenvalue weighted by Crippen LogP contribution is -2.47. The van der Waals surface area contributed by atoms with Crippen molar-refractivity contribution in [3.63, 3.8) is 0 Å². The van der Waals surface area contributed by atoms with Gasteiger partial charge in [0.2, 0.25) is 5.91 Å². The fraction of sp³-hybridized carbons (Fsp3) is 0.391. The average Bonchev–Trinajstić information content (AvgIpc) is 2.69. The number of para-hydroxylation sites is 1. The van der Waals surface area contributed by atoms with Crippen LogP contribution in [0.1, 0.15) is 35.6 Å². The number of benzene rings is 2. The van der Waals surface area contributed by atoms with Gasteiger partial charge in [0, 0.05) is 12.2 Å². The van der Waals surface area contributed by atoms with Crippen molar-refractivity contribution in [3.8, 4) is 5.75 Å². The Balaban J connectivity index is 1.74. The highest BCUT2D eigenvalue weighted by molar-refractivity contribution is 5.98. The number of ether oxygens (including phenoxy) is 2. The maximum atomic E-state index is 13.1. The number of hydrogen-bond acceptors (Lipinski definition) is 5. The van der Waals surface area contributed by atoms with Gasteiger partial charge in [0.1, 0.15) is 5.75 Å². The second-order valence-corrected chi connectivity index (χ2v) is 7.35. The molecule has 154 valence electrons. The van der Waals surface area contributed by atoms with E-state index in [9.17, 15) is 9.59 Å². The molecule has 0 saturated heterocycles. The van der Waals surface area contributed by atoms with Crippen molar-refractivity contribution >= 4 is 17.7 Å². The first kappa shape index (κ1) is 20.9. The Morgan fingerprint density at radius 3 is 2.55 bits per heavy atom. The third kappa shape index (κ3) is 4.77. The zero-order valence-corrected chi connectivity index (χ0v) is 17.2. The van der Waals surface area contributed by atoms with Crippen LogP contribution in [0.3, 0.4) is 0 Å². The van der Waals surface area contributed by atoms with E-state index in [1.807, 2.05) is 36.9 Å². The maximum absolute atomic E-state index is 13.1. The van der Waals surface area contributed by atoms with E-state index in [0.717, 1.165) is 35.2 Å². The Hall–Kier alpha value is -2.86. The van der Waals surface area contributed by atoms with Crippen molar-refractivity contribution < 1.29 is 19.1 Å². The Morgan fingerprint density at radius 2 is 1.86 bits per heavy atom. The molecule has 6 heteroatoms. The zero-order valence-electron chi connectivity index (χ0n) is 17.2. The molecule has 1 aliphatic rings. The van der Waals surface area contributed by atoms with Crippen molar-refractivity contribution in [1.29, 1.82) is 0 Å². The van der Waals surface area contributed by atoms with Gasteiger partial charge < -0.3 is 20.1 Å². The van der Waals surface area contributed by atoms with E-state index in [-0.39, 0.29) is 12.5 Å². The molecule has 2 aromatic carbocycles. The van der Waals surface area contributed by atoms with Crippen molar-refractivity contribution in [1.82, 2.24) is 0 Å². The van der Waals surface area contributed by atoms with E-state index < -0.39 is 12.2 Å². The second kappa shape index (κ2) is 9.09. The third-order valence-electron chi connectivity index (χ3n) is 5.25. The quantitative estimate of drug-likeness (QED) is 0.616. The molecule has 1 aliphatic heterocycles. The van der Waals surface area contributed by atoms with Gasteiger partial charge in [-0.15, -0.1) is 0 Å². The highest BCUT2D eigenvalue weighted by Gasteiger charge is 2.27. The molecule has 2 aromatic rings. The summed E-state index contributed by atoms with van der Waals surface area (Å²) >= 11 is 0. The Morgan fingerprint density at radius 1 is 1.17 bits per heavy atom. The van der Waals surface area contributed by atoms with E-state index in [4.69, 9.17) is 15.2 Å². The zero-order chi connectivity index (χ0) is 21.0. The van der Waals surface area contributed by atoms with Crippen molar-refractivity contribution in [2.24, 2.45) is 5.73 Å². The van der Waals surface area contributed by atoms with Gasteiger partial charge in [-0.1, -0.05) is 18.2 Å². The third-order valence-corrected chi connectivity index (χ3v) is 5.25. The standard InChI is InChI=1S/C23H28N2O4/c1-4-28-23(27)29-18-12-15(2)19(16(3)13-18)14-20(24)22(26)25-11-7-9-17-8-5-6-10-21(17)25/h5-6,8,10,12-13,20H,4,7,9,11,14,24H2,1-3H3/t20-/m1/s1. The molecular formula is C23H28N2O4. The van der Waals surface area contributed by atoms with Gasteiger partial charge in [0.05, 0.1) is 12.6 Å². The lowest BCUT2D eigenvalue weighted by atomic mass is 9.94. The first-order chi connectivity index (χ1) is 13.9. The van der Waals surface area contributed by atoms with Gasteiger partial charge in [0.25, 0.3) is 0 Å². The summed E-state index contributed by atoms with van der Waals surface area (Å²) in [5, 5.41) is 0. The number of aryl methyl sites for hydroxylation is 3. The second-order valence-electron chi connectivity index (χ2n) is 7.35. The molecule has 6 nitrogen and oxygen atoms in total. The molecule has 0 radical (unpaired) electrons. The number of fused-ring (bicyclic) bond motifs is 1. The van der Waals surface area contributed by atoms with Crippen LogP contribution < -0.4 is 15.4 Å². The monoisotopic (exact) mass is 396 g/mol. The van der Waals surface area contributed by atoms with Crippen LogP contribution in [0.2, 0.25) is 0 Å². The molecule has 0 fully saturated rings. The maximum Gasteiger partial charge on any atom is 0.513 e. The van der Waals surface area contributed by atoms with Crippen LogP contribution in [-0.4, -0.2) is 31.3 Å². The van der Waals surface area contributed by atoms with Crippen LogP contribution in [0.5, 0.6) is 5.75 Å². The first-order valence-electron chi connectivity index (χ1n) is 10.00. The number of nitrogens with two attached hydrogens (primary N) is 1. The summed E-state index contributed by atoms with van der Waals surface area (Å²) in [7, 11) is 0. The summed E-state index contributed by atoms with van der Waals surface area (Å²) in [5.74, 6) is 0.356. The molecule has 0 aliphatic carbocycles. The summed E-state index contributed by atoms with van der Waals surface area (Å²) in [6.45, 7) is 6.51. The molecule has 0 bridgehead atoms. The SMILES string of the molecule is CCOC(=O)Oc1cc(C)c(C[C@@H](N)C(=O)N2CCCc3ccccc32)c(C)c1. The Bertz CT molecular complexity index is 886. The van der Waals surface area contributed by atoms with Crippen LogP contribution in [-0.2, 0) is 22.4 Å². The highest BCUT2D eigenvalue weighted by atomic mass is 16.7. The molecule has 0 aromatic heterocycles. The minimum Gasteiger partial charge on any atom is -0.434 e. The minimum absolute atomic E-state index is 0.0669. The molecule has 1 heterocycles. The predicted octanol–water partition coefficient (Wildman–Crippen LogP) is 3.69. The van der Waals surface area contributed by atoms with Crippen LogP contribution in [0.4, 0.5) is 10.5 Å². The predicted molar refractivity (Wildman–Crippen MR) is 112 cm³/mol. The Kier molecular flexibility index (Phi) is 6.54. The smallest absolute Gasteiger partial charge is 0.434 e. The Labute approximate surface area is 171 Å². The molecular weight excluding hydrogens is 368 g/mol. The van der Waals surface area contributed by atoms with Crippen LogP contribution in [0.25, 0.3) is 0 Å². The molecule has 2 N–H and O–H groups in total. The van der Waals surface area contributed by atoms with Crippen molar-refractivity contribution in [3.05, 3.63) is 58.7 Å². The summed E-state index contributed by atoms with van der Waals surface area (Å²) in [4.78, 5) is 26.4. The molecule has 1 atom stereocenters. The summed E-state index contributed by atoms with van der Waals surface area (Å²) in [6.07, 6.45) is 1.62. The number of anilines is 1. The van der Waals surface area contributed by atoms with Crippen molar-refractivity contribution in [2.75, 3.05) is 18.1 Å². The van der Waals surface area contributed by atoms with Gasteiger partial charge in [-0.05, 0) is 80.5 Å². The van der Waals surface area contributed by atoms with E-state index in [1.54, 1.807) is 19.1 Å². The van der Waals surface area contributed by atoms with E-state index in [2.05, 4.69) is 6.07 Å². The number of hydrogen-bond donors (Lipinski definition) is 1. The van der Waals surface area contributed by atoms with E-state index >= 15 is 0 Å². The number of carbonyl (C=O) groups is 2.